The van der Waals surface area contributed by atoms with Gasteiger partial charge in [0, 0.05) is 0 Å². The summed E-state index contributed by atoms with van der Waals surface area (Å²) in [6.07, 6.45) is 1.22. The first kappa shape index (κ1) is 18.9. The molecule has 0 radical (unpaired) electrons. The smallest absolute Gasteiger partial charge is 0.280 e. The molecule has 1 N–H and O–H groups in total. The van der Waals surface area contributed by atoms with Crippen LogP contribution in [0, 0.1) is 11.3 Å². The SMILES string of the molecule is N#Cc1cccc(NS(=O)(=O)c2ccc(-n3ncc(Cl)c(Cl)c3=O)cc2)c1. The maximum atomic E-state index is 12.5. The molecule has 0 aliphatic rings. The highest BCUT2D eigenvalue weighted by atomic mass is 35.5. The molecule has 0 saturated carbocycles. The first-order valence-corrected chi connectivity index (χ1v) is 9.62. The Morgan fingerprint density at radius 1 is 1.11 bits per heavy atom. The maximum Gasteiger partial charge on any atom is 0.291 e. The summed E-state index contributed by atoms with van der Waals surface area (Å²) in [5, 5.41) is 12.6. The van der Waals surface area contributed by atoms with Gasteiger partial charge in [0.2, 0.25) is 0 Å². The minimum atomic E-state index is -3.88. The van der Waals surface area contributed by atoms with Gasteiger partial charge in [0.15, 0.2) is 0 Å². The molecule has 0 saturated heterocycles. The molecule has 3 aromatic rings. The van der Waals surface area contributed by atoms with E-state index in [9.17, 15) is 13.2 Å². The molecular weight excluding hydrogens is 411 g/mol. The van der Waals surface area contributed by atoms with Gasteiger partial charge in [0.05, 0.1) is 39.1 Å². The first-order valence-electron chi connectivity index (χ1n) is 7.38. The molecule has 3 rings (SSSR count). The number of aromatic nitrogens is 2. The van der Waals surface area contributed by atoms with Gasteiger partial charge < -0.3 is 0 Å². The largest absolute Gasteiger partial charge is 0.291 e. The summed E-state index contributed by atoms with van der Waals surface area (Å²) < 4.78 is 28.4. The Hall–Kier alpha value is -2.86. The van der Waals surface area contributed by atoms with Gasteiger partial charge in [-0.25, -0.2) is 8.42 Å². The van der Waals surface area contributed by atoms with Gasteiger partial charge in [-0.05, 0) is 42.5 Å². The van der Waals surface area contributed by atoms with Crippen LogP contribution in [0.5, 0.6) is 0 Å². The van der Waals surface area contributed by atoms with E-state index in [4.69, 9.17) is 28.5 Å². The summed E-state index contributed by atoms with van der Waals surface area (Å²) in [5.41, 5.74) is 0.298. The molecule has 27 heavy (non-hydrogen) atoms. The highest BCUT2D eigenvalue weighted by molar-refractivity contribution is 7.92. The number of halogens is 2. The zero-order valence-corrected chi connectivity index (χ0v) is 15.8. The molecule has 2 aromatic carbocycles. The highest BCUT2D eigenvalue weighted by Gasteiger charge is 2.15. The zero-order chi connectivity index (χ0) is 19.6. The van der Waals surface area contributed by atoms with Crippen molar-refractivity contribution in [3.63, 3.8) is 0 Å². The second-order valence-corrected chi connectivity index (χ2v) is 7.78. The fourth-order valence-corrected chi connectivity index (χ4v) is 3.53. The Bertz CT molecular complexity index is 1220. The van der Waals surface area contributed by atoms with Gasteiger partial charge in [-0.15, -0.1) is 0 Å². The van der Waals surface area contributed by atoms with Gasteiger partial charge in [-0.2, -0.15) is 15.0 Å². The third-order valence-corrected chi connectivity index (χ3v) is 5.66. The molecule has 0 amide bonds. The topological polar surface area (TPSA) is 105 Å². The summed E-state index contributed by atoms with van der Waals surface area (Å²) in [7, 11) is -3.88. The predicted molar refractivity (Wildman–Crippen MR) is 102 cm³/mol. The number of hydrogen-bond donors (Lipinski definition) is 1. The van der Waals surface area contributed by atoms with E-state index in [0.29, 0.717) is 11.3 Å². The van der Waals surface area contributed by atoms with Crippen LogP contribution in [0.4, 0.5) is 5.69 Å². The average molecular weight is 421 g/mol. The number of benzene rings is 2. The summed E-state index contributed by atoms with van der Waals surface area (Å²) in [5.74, 6) is 0. The molecule has 1 aromatic heterocycles. The molecule has 0 atom stereocenters. The summed E-state index contributed by atoms with van der Waals surface area (Å²) in [6, 6.07) is 13.5. The van der Waals surface area contributed by atoms with Crippen LogP contribution < -0.4 is 10.3 Å². The van der Waals surface area contributed by atoms with Gasteiger partial charge in [0.1, 0.15) is 5.02 Å². The second-order valence-electron chi connectivity index (χ2n) is 5.32. The fraction of sp³-hybridized carbons (Fsp3) is 0. The van der Waals surface area contributed by atoms with Crippen molar-refractivity contribution in [2.45, 2.75) is 4.90 Å². The van der Waals surface area contributed by atoms with E-state index in [1.165, 1.54) is 42.6 Å². The molecule has 0 bridgehead atoms. The summed E-state index contributed by atoms with van der Waals surface area (Å²) in [6.45, 7) is 0. The van der Waals surface area contributed by atoms with Crippen molar-refractivity contribution in [3.8, 4) is 11.8 Å². The van der Waals surface area contributed by atoms with Crippen LogP contribution in [0.25, 0.3) is 5.69 Å². The summed E-state index contributed by atoms with van der Waals surface area (Å²) in [4.78, 5) is 12.1. The van der Waals surface area contributed by atoms with Crippen LogP contribution in [0.15, 0.2) is 64.4 Å². The van der Waals surface area contributed by atoms with Crippen LogP contribution in [-0.2, 0) is 10.0 Å². The molecule has 1 heterocycles. The zero-order valence-electron chi connectivity index (χ0n) is 13.4. The lowest BCUT2D eigenvalue weighted by molar-refractivity contribution is 0.601. The average Bonchev–Trinajstić information content (AvgIpc) is 2.66. The van der Waals surface area contributed by atoms with Crippen molar-refractivity contribution in [1.29, 1.82) is 5.26 Å². The lowest BCUT2D eigenvalue weighted by Crippen LogP contribution is -2.21. The Morgan fingerprint density at radius 3 is 2.48 bits per heavy atom. The van der Waals surface area contributed by atoms with E-state index >= 15 is 0 Å². The van der Waals surface area contributed by atoms with E-state index in [2.05, 4.69) is 9.82 Å². The monoisotopic (exact) mass is 420 g/mol. The van der Waals surface area contributed by atoms with Crippen LogP contribution in [0.2, 0.25) is 10.0 Å². The van der Waals surface area contributed by atoms with Gasteiger partial charge in [-0.1, -0.05) is 29.3 Å². The number of nitrogens with zero attached hydrogens (tertiary/aromatic N) is 3. The molecular formula is C17H10Cl2N4O3S. The number of nitrogens with one attached hydrogen (secondary N) is 1. The van der Waals surface area contributed by atoms with Crippen molar-refractivity contribution in [2.24, 2.45) is 0 Å². The van der Waals surface area contributed by atoms with Crippen LogP contribution in [0.1, 0.15) is 5.56 Å². The van der Waals surface area contributed by atoms with E-state index in [0.717, 1.165) is 4.68 Å². The molecule has 0 aliphatic carbocycles. The normalized spacial score (nSPS) is 11.0. The minimum absolute atomic E-state index is 0.0262. The van der Waals surface area contributed by atoms with E-state index in [-0.39, 0.29) is 20.6 Å². The van der Waals surface area contributed by atoms with E-state index < -0.39 is 15.6 Å². The number of sulfonamides is 1. The lowest BCUT2D eigenvalue weighted by atomic mass is 10.2. The standard InChI is InChI=1S/C17H10Cl2N4O3S/c18-15-10-21-23(17(24)16(15)19)13-4-6-14(7-5-13)27(25,26)22-12-3-1-2-11(8-12)9-20/h1-8,10,22H. The molecule has 0 unspecified atom stereocenters. The third kappa shape index (κ3) is 3.95. The maximum absolute atomic E-state index is 12.5. The van der Waals surface area contributed by atoms with Crippen molar-refractivity contribution < 1.29 is 8.42 Å². The van der Waals surface area contributed by atoms with Crippen molar-refractivity contribution >= 4 is 38.9 Å². The first-order chi connectivity index (χ1) is 12.8. The van der Waals surface area contributed by atoms with Gasteiger partial charge >= 0.3 is 0 Å². The number of anilines is 1. The Morgan fingerprint density at radius 2 is 1.81 bits per heavy atom. The molecule has 7 nitrogen and oxygen atoms in total. The number of nitriles is 1. The summed E-state index contributed by atoms with van der Waals surface area (Å²) >= 11 is 11.6. The predicted octanol–water partition coefficient (Wildman–Crippen LogP) is 3.21. The highest BCUT2D eigenvalue weighted by Crippen LogP contribution is 2.19. The van der Waals surface area contributed by atoms with Crippen molar-refractivity contribution in [1.82, 2.24) is 9.78 Å². The Labute approximate surface area is 164 Å². The Balaban J connectivity index is 1.92. The molecule has 0 spiro atoms. The van der Waals surface area contributed by atoms with Crippen molar-refractivity contribution in [3.05, 3.63) is 80.7 Å². The van der Waals surface area contributed by atoms with Crippen LogP contribution in [-0.4, -0.2) is 18.2 Å². The molecule has 0 aliphatic heterocycles. The molecule has 136 valence electrons. The Kier molecular flexibility index (Phi) is 5.19. The minimum Gasteiger partial charge on any atom is -0.280 e. The molecule has 10 heteroatoms. The van der Waals surface area contributed by atoms with Crippen molar-refractivity contribution in [2.75, 3.05) is 4.72 Å². The number of hydrogen-bond acceptors (Lipinski definition) is 5. The molecule has 0 fully saturated rings. The van der Waals surface area contributed by atoms with Crippen LogP contribution >= 0.6 is 23.2 Å². The fourth-order valence-electron chi connectivity index (χ4n) is 2.23. The van der Waals surface area contributed by atoms with E-state index in [1.54, 1.807) is 12.1 Å². The van der Waals surface area contributed by atoms with Gasteiger partial charge in [-0.3, -0.25) is 9.52 Å². The lowest BCUT2D eigenvalue weighted by Gasteiger charge is -2.10. The second kappa shape index (κ2) is 7.40. The quantitative estimate of drug-likeness (QED) is 0.697. The third-order valence-electron chi connectivity index (χ3n) is 3.51. The van der Waals surface area contributed by atoms with Gasteiger partial charge in [0.25, 0.3) is 15.6 Å². The van der Waals surface area contributed by atoms with E-state index in [1.807, 2.05) is 6.07 Å². The van der Waals surface area contributed by atoms with Crippen LogP contribution in [0.3, 0.4) is 0 Å². The number of rotatable bonds is 4.